The second-order valence-corrected chi connectivity index (χ2v) is 9.76. The normalized spacial score (nSPS) is 18.4. The molecule has 2 amide bonds. The van der Waals surface area contributed by atoms with Crippen molar-refractivity contribution in [3.63, 3.8) is 0 Å². The molecule has 1 fully saturated rings. The number of rotatable bonds is 10. The summed E-state index contributed by atoms with van der Waals surface area (Å²) in [5.41, 5.74) is -0.180. The molecule has 8 nitrogen and oxygen atoms in total. The van der Waals surface area contributed by atoms with Gasteiger partial charge in [0.05, 0.1) is 5.52 Å². The van der Waals surface area contributed by atoms with Crippen molar-refractivity contribution in [3.8, 4) is 0 Å². The highest BCUT2D eigenvalue weighted by Crippen LogP contribution is 2.29. The Morgan fingerprint density at radius 1 is 1.09 bits per heavy atom. The molecule has 1 N–H and O–H groups in total. The number of nitrogens with one attached hydrogen (secondary N) is 1. The monoisotopic (exact) mass is 476 g/mol. The number of unbranched alkanes of at least 4 members (excludes halogenated alkanes) is 1. The highest BCUT2D eigenvalue weighted by Gasteiger charge is 2.28. The molecule has 2 heterocycles. The minimum atomic E-state index is -0.425. The molecule has 0 spiro atoms. The Balaban J connectivity index is 1.76. The van der Waals surface area contributed by atoms with Crippen LogP contribution in [0.1, 0.15) is 59.3 Å². The van der Waals surface area contributed by atoms with Crippen molar-refractivity contribution in [1.82, 2.24) is 19.4 Å². The molecule has 2 aromatic heterocycles. The molecule has 9 heteroatoms. The van der Waals surface area contributed by atoms with Crippen LogP contribution in [0.3, 0.4) is 0 Å². The number of aromatic nitrogens is 2. The van der Waals surface area contributed by atoms with Crippen LogP contribution in [0, 0.1) is 11.8 Å². The van der Waals surface area contributed by atoms with E-state index in [2.05, 4.69) is 12.2 Å². The Labute approximate surface area is 198 Å². The Morgan fingerprint density at radius 3 is 2.42 bits per heavy atom. The number of amides is 2. The van der Waals surface area contributed by atoms with E-state index in [-0.39, 0.29) is 35.8 Å². The third-order valence-electron chi connectivity index (χ3n) is 6.73. The van der Waals surface area contributed by atoms with Crippen LogP contribution in [-0.2, 0) is 22.7 Å². The lowest BCUT2D eigenvalue weighted by Crippen LogP contribution is -2.44. The minimum absolute atomic E-state index is 0.0120. The molecule has 2 aromatic rings. The van der Waals surface area contributed by atoms with E-state index in [0.29, 0.717) is 29.9 Å². The van der Waals surface area contributed by atoms with E-state index in [1.807, 2.05) is 13.8 Å². The first kappa shape index (κ1) is 25.2. The molecule has 0 saturated heterocycles. The maximum Gasteiger partial charge on any atom is 0.332 e. The molecule has 0 radical (unpaired) electrons. The first-order valence-electron chi connectivity index (χ1n) is 12.2. The van der Waals surface area contributed by atoms with Gasteiger partial charge in [0, 0.05) is 32.1 Å². The summed E-state index contributed by atoms with van der Waals surface area (Å²) in [6.45, 7) is 8.04. The largest absolute Gasteiger partial charge is 0.356 e. The average molecular weight is 477 g/mol. The van der Waals surface area contributed by atoms with Crippen LogP contribution in [0.4, 0.5) is 0 Å². The molecule has 0 aromatic carbocycles. The maximum absolute atomic E-state index is 13.3. The summed E-state index contributed by atoms with van der Waals surface area (Å²) in [4.78, 5) is 53.2. The van der Waals surface area contributed by atoms with Crippen LogP contribution in [-0.4, -0.2) is 45.5 Å². The third-order valence-corrected chi connectivity index (χ3v) is 7.63. The van der Waals surface area contributed by atoms with E-state index >= 15 is 0 Å². The summed E-state index contributed by atoms with van der Waals surface area (Å²) in [6.07, 6.45) is 5.18. The molecule has 0 atom stereocenters. The smallest absolute Gasteiger partial charge is 0.332 e. The van der Waals surface area contributed by atoms with Gasteiger partial charge in [-0.2, -0.15) is 0 Å². The fourth-order valence-corrected chi connectivity index (χ4v) is 5.50. The zero-order valence-corrected chi connectivity index (χ0v) is 20.8. The molecule has 0 bridgehead atoms. The zero-order valence-electron chi connectivity index (χ0n) is 20.0. The van der Waals surface area contributed by atoms with Crippen LogP contribution in [0.5, 0.6) is 0 Å². The van der Waals surface area contributed by atoms with Gasteiger partial charge in [0.1, 0.15) is 11.2 Å². The molecule has 1 saturated carbocycles. The SMILES string of the molecule is CCCCNC(=O)C1CCC(Cn2c(=O)c3sccc3n(CC(=O)N(CC)CC)c2=O)CC1. The molecule has 1 aliphatic rings. The van der Waals surface area contributed by atoms with Crippen molar-refractivity contribution in [2.45, 2.75) is 72.4 Å². The number of carbonyl (C=O) groups is 2. The highest BCUT2D eigenvalue weighted by atomic mass is 32.1. The summed E-state index contributed by atoms with van der Waals surface area (Å²) in [6, 6.07) is 1.74. The number of carbonyl (C=O) groups excluding carboxylic acids is 2. The van der Waals surface area contributed by atoms with Gasteiger partial charge in [0.25, 0.3) is 5.56 Å². The van der Waals surface area contributed by atoms with Gasteiger partial charge >= 0.3 is 5.69 Å². The molecule has 33 heavy (non-hydrogen) atoms. The van der Waals surface area contributed by atoms with Gasteiger partial charge in [-0.3, -0.25) is 23.5 Å². The van der Waals surface area contributed by atoms with Crippen molar-refractivity contribution in [2.75, 3.05) is 19.6 Å². The molecule has 3 rings (SSSR count). The van der Waals surface area contributed by atoms with Crippen LogP contribution >= 0.6 is 11.3 Å². The summed E-state index contributed by atoms with van der Waals surface area (Å²) in [7, 11) is 0. The first-order chi connectivity index (χ1) is 15.9. The van der Waals surface area contributed by atoms with Gasteiger partial charge in [-0.25, -0.2) is 4.79 Å². The number of hydrogen-bond donors (Lipinski definition) is 1. The van der Waals surface area contributed by atoms with E-state index in [0.717, 1.165) is 45.1 Å². The van der Waals surface area contributed by atoms with Gasteiger partial charge in [-0.15, -0.1) is 11.3 Å². The maximum atomic E-state index is 13.3. The number of hydrogen-bond acceptors (Lipinski definition) is 5. The Bertz CT molecular complexity index is 1070. The van der Waals surface area contributed by atoms with Gasteiger partial charge < -0.3 is 10.2 Å². The zero-order chi connectivity index (χ0) is 24.0. The predicted octanol–water partition coefficient (Wildman–Crippen LogP) is 2.82. The standard InChI is InChI=1S/C24H36N4O4S/c1-4-7-13-25-22(30)18-10-8-17(9-11-18)15-28-23(31)21-19(12-14-33-21)27(24(28)32)16-20(29)26(5-2)6-3/h12,14,17-18H,4-11,13,15-16H2,1-3H3,(H,25,30). The highest BCUT2D eigenvalue weighted by molar-refractivity contribution is 7.17. The van der Waals surface area contributed by atoms with E-state index in [9.17, 15) is 19.2 Å². The van der Waals surface area contributed by atoms with E-state index in [1.54, 1.807) is 16.3 Å². The topological polar surface area (TPSA) is 93.4 Å². The molecule has 182 valence electrons. The van der Waals surface area contributed by atoms with Gasteiger partial charge in [-0.1, -0.05) is 13.3 Å². The lowest BCUT2D eigenvalue weighted by atomic mass is 9.81. The minimum Gasteiger partial charge on any atom is -0.356 e. The Morgan fingerprint density at radius 2 is 1.79 bits per heavy atom. The predicted molar refractivity (Wildman–Crippen MR) is 132 cm³/mol. The van der Waals surface area contributed by atoms with E-state index in [4.69, 9.17) is 0 Å². The van der Waals surface area contributed by atoms with Crippen molar-refractivity contribution < 1.29 is 9.59 Å². The number of thiophene rings is 1. The number of nitrogens with zero attached hydrogens (tertiary/aromatic N) is 3. The lowest BCUT2D eigenvalue weighted by Gasteiger charge is -2.28. The second-order valence-electron chi connectivity index (χ2n) is 8.85. The molecule has 0 unspecified atom stereocenters. The number of fused-ring (bicyclic) bond motifs is 1. The quantitative estimate of drug-likeness (QED) is 0.534. The molecule has 1 aliphatic carbocycles. The van der Waals surface area contributed by atoms with Crippen LogP contribution in [0.2, 0.25) is 0 Å². The van der Waals surface area contributed by atoms with E-state index in [1.165, 1.54) is 20.5 Å². The molecular formula is C24H36N4O4S. The second kappa shape index (κ2) is 11.6. The fraction of sp³-hybridized carbons (Fsp3) is 0.667. The van der Waals surface area contributed by atoms with Crippen LogP contribution in [0.15, 0.2) is 21.0 Å². The van der Waals surface area contributed by atoms with Crippen molar-refractivity contribution in [3.05, 3.63) is 32.3 Å². The van der Waals surface area contributed by atoms with Gasteiger partial charge in [0.15, 0.2) is 0 Å². The third kappa shape index (κ3) is 5.75. The van der Waals surface area contributed by atoms with Gasteiger partial charge in [-0.05, 0) is 63.3 Å². The Kier molecular flexibility index (Phi) is 8.88. The lowest BCUT2D eigenvalue weighted by molar-refractivity contribution is -0.131. The summed E-state index contributed by atoms with van der Waals surface area (Å²) < 4.78 is 3.26. The molecular weight excluding hydrogens is 440 g/mol. The van der Waals surface area contributed by atoms with Gasteiger partial charge in [0.2, 0.25) is 11.8 Å². The first-order valence-corrected chi connectivity index (χ1v) is 13.0. The van der Waals surface area contributed by atoms with Crippen molar-refractivity contribution in [2.24, 2.45) is 11.8 Å². The molecule has 0 aliphatic heterocycles. The van der Waals surface area contributed by atoms with Crippen molar-refractivity contribution >= 4 is 33.4 Å². The summed E-state index contributed by atoms with van der Waals surface area (Å²) in [5, 5.41) is 4.80. The van der Waals surface area contributed by atoms with E-state index < -0.39 is 5.69 Å². The fourth-order valence-electron chi connectivity index (χ4n) is 4.66. The van der Waals surface area contributed by atoms with Crippen molar-refractivity contribution in [1.29, 1.82) is 0 Å². The Hall–Kier alpha value is -2.42. The summed E-state index contributed by atoms with van der Waals surface area (Å²) in [5.74, 6) is 0.170. The summed E-state index contributed by atoms with van der Waals surface area (Å²) >= 11 is 1.30. The number of likely N-dealkylation sites (N-methyl/N-ethyl adjacent to an activating group) is 1. The average Bonchev–Trinajstić information content (AvgIpc) is 3.31. The van der Waals surface area contributed by atoms with Crippen LogP contribution in [0.25, 0.3) is 10.2 Å². The van der Waals surface area contributed by atoms with Crippen LogP contribution < -0.4 is 16.6 Å².